The maximum Gasteiger partial charge on any atom is 0.290 e. The Hall–Kier alpha value is -1.40. The molecule has 0 spiro atoms. The van der Waals surface area contributed by atoms with Gasteiger partial charge in [0, 0.05) is 18.7 Å². The molecule has 0 aromatic carbocycles. The van der Waals surface area contributed by atoms with Gasteiger partial charge in [0.2, 0.25) is 0 Å². The monoisotopic (exact) mass is 281 g/mol. The normalized spacial score (nSPS) is 23.9. The van der Waals surface area contributed by atoms with Crippen LogP contribution in [0.4, 0.5) is 0 Å². The van der Waals surface area contributed by atoms with Gasteiger partial charge in [-0.3, -0.25) is 14.5 Å². The van der Waals surface area contributed by atoms with Gasteiger partial charge in [0.25, 0.3) is 11.5 Å². The van der Waals surface area contributed by atoms with Gasteiger partial charge in [0.05, 0.1) is 6.54 Å². The van der Waals surface area contributed by atoms with E-state index in [1.165, 1.54) is 6.07 Å². The van der Waals surface area contributed by atoms with Crippen molar-refractivity contribution in [3.8, 4) is 0 Å². The van der Waals surface area contributed by atoms with Crippen LogP contribution in [0.1, 0.15) is 36.7 Å². The summed E-state index contributed by atoms with van der Waals surface area (Å²) in [5.74, 6) is 0.809. The number of nitrogens with zero attached hydrogens (tertiary/aromatic N) is 2. The first-order chi connectivity index (χ1) is 9.55. The third-order valence-electron chi connectivity index (χ3n) is 4.12. The standard InChI is InChI=1S/C14H23N3O3/c1-3-11-4-5-16(12(7-11)8-15)9-14(19)17-13(18)6-10(2)20-17/h6,11-12H,3-5,7-9,15H2,1-2H3. The number of likely N-dealkylation sites (tertiary alicyclic amines) is 1. The molecule has 6 nitrogen and oxygen atoms in total. The molecule has 0 saturated carbocycles. The number of hydrogen-bond donors (Lipinski definition) is 1. The third-order valence-corrected chi connectivity index (χ3v) is 4.12. The number of rotatable bonds is 4. The molecule has 2 N–H and O–H groups in total. The van der Waals surface area contributed by atoms with Gasteiger partial charge < -0.3 is 10.3 Å². The van der Waals surface area contributed by atoms with Crippen LogP contribution in [-0.4, -0.2) is 41.2 Å². The van der Waals surface area contributed by atoms with Crippen LogP contribution in [0.2, 0.25) is 0 Å². The molecule has 112 valence electrons. The summed E-state index contributed by atoms with van der Waals surface area (Å²) in [5.41, 5.74) is 5.41. The van der Waals surface area contributed by atoms with E-state index in [0.29, 0.717) is 18.2 Å². The van der Waals surface area contributed by atoms with Crippen LogP contribution < -0.4 is 11.3 Å². The molecule has 1 aliphatic rings. The van der Waals surface area contributed by atoms with E-state index in [9.17, 15) is 9.59 Å². The van der Waals surface area contributed by atoms with Gasteiger partial charge in [0.1, 0.15) is 5.76 Å². The van der Waals surface area contributed by atoms with Crippen LogP contribution >= 0.6 is 0 Å². The lowest BCUT2D eigenvalue weighted by molar-refractivity contribution is 0.0594. The first-order valence-corrected chi connectivity index (χ1v) is 7.22. The molecule has 6 heteroatoms. The molecule has 1 aromatic rings. The van der Waals surface area contributed by atoms with E-state index in [2.05, 4.69) is 11.8 Å². The molecule has 1 saturated heterocycles. The van der Waals surface area contributed by atoms with Gasteiger partial charge in [0.15, 0.2) is 0 Å². The summed E-state index contributed by atoms with van der Waals surface area (Å²) in [4.78, 5) is 25.8. The van der Waals surface area contributed by atoms with Crippen molar-refractivity contribution in [3.05, 3.63) is 22.2 Å². The van der Waals surface area contributed by atoms with Crippen molar-refractivity contribution < 1.29 is 9.32 Å². The summed E-state index contributed by atoms with van der Waals surface area (Å²) in [6, 6.07) is 1.53. The van der Waals surface area contributed by atoms with Gasteiger partial charge >= 0.3 is 0 Å². The minimum Gasteiger partial charge on any atom is -0.373 e. The predicted molar refractivity (Wildman–Crippen MR) is 75.8 cm³/mol. The number of carbonyl (C=O) groups is 1. The van der Waals surface area contributed by atoms with E-state index >= 15 is 0 Å². The van der Waals surface area contributed by atoms with Crippen molar-refractivity contribution in [2.45, 2.75) is 39.2 Å². The summed E-state index contributed by atoms with van der Waals surface area (Å²) in [6.45, 7) is 5.41. The Bertz CT molecular complexity index is 520. The second-order valence-corrected chi connectivity index (χ2v) is 5.53. The van der Waals surface area contributed by atoms with Crippen LogP contribution in [0.5, 0.6) is 0 Å². The molecule has 1 aliphatic heterocycles. The zero-order valence-electron chi connectivity index (χ0n) is 12.2. The quantitative estimate of drug-likeness (QED) is 0.884. The van der Waals surface area contributed by atoms with Crippen LogP contribution in [0, 0.1) is 12.8 Å². The van der Waals surface area contributed by atoms with Crippen LogP contribution in [-0.2, 0) is 0 Å². The van der Waals surface area contributed by atoms with E-state index in [1.807, 2.05) is 0 Å². The second-order valence-electron chi connectivity index (χ2n) is 5.53. The van der Waals surface area contributed by atoms with Gasteiger partial charge in [-0.1, -0.05) is 13.3 Å². The lowest BCUT2D eigenvalue weighted by Crippen LogP contribution is -2.49. The Balaban J connectivity index is 2.03. The first kappa shape index (κ1) is 15.0. The van der Waals surface area contributed by atoms with Crippen LogP contribution in [0.25, 0.3) is 0 Å². The Morgan fingerprint density at radius 1 is 1.55 bits per heavy atom. The number of aromatic nitrogens is 1. The largest absolute Gasteiger partial charge is 0.373 e. The fourth-order valence-corrected chi connectivity index (χ4v) is 2.87. The van der Waals surface area contributed by atoms with Crippen LogP contribution in [0.15, 0.2) is 15.4 Å². The maximum atomic E-state index is 12.1. The Morgan fingerprint density at radius 3 is 2.85 bits per heavy atom. The van der Waals surface area contributed by atoms with Gasteiger partial charge in [-0.2, -0.15) is 0 Å². The molecular weight excluding hydrogens is 258 g/mol. The molecule has 0 amide bonds. The van der Waals surface area contributed by atoms with Gasteiger partial charge in [-0.25, -0.2) is 0 Å². The lowest BCUT2D eigenvalue weighted by Gasteiger charge is -2.38. The third kappa shape index (κ3) is 3.19. The number of piperidine rings is 1. The number of aryl methyl sites for hydroxylation is 1. The summed E-state index contributed by atoms with van der Waals surface area (Å²) in [7, 11) is 0. The highest BCUT2D eigenvalue weighted by molar-refractivity contribution is 5.79. The fraction of sp³-hybridized carbons (Fsp3) is 0.714. The highest BCUT2D eigenvalue weighted by Gasteiger charge is 2.29. The van der Waals surface area contributed by atoms with E-state index < -0.39 is 5.56 Å². The molecule has 0 radical (unpaired) electrons. The Labute approximate surface area is 118 Å². The van der Waals surface area contributed by atoms with Crippen molar-refractivity contribution in [2.75, 3.05) is 19.6 Å². The molecule has 0 aliphatic carbocycles. The smallest absolute Gasteiger partial charge is 0.290 e. The zero-order chi connectivity index (χ0) is 14.7. The van der Waals surface area contributed by atoms with E-state index in [-0.39, 0.29) is 18.5 Å². The summed E-state index contributed by atoms with van der Waals surface area (Å²) in [5, 5.41) is 0. The van der Waals surface area contributed by atoms with Gasteiger partial charge in [-0.05, 0) is 32.2 Å². The number of nitrogens with two attached hydrogens (primary N) is 1. The summed E-state index contributed by atoms with van der Waals surface area (Å²) >= 11 is 0. The fourth-order valence-electron chi connectivity index (χ4n) is 2.87. The number of carbonyl (C=O) groups excluding carboxylic acids is 1. The Kier molecular flexibility index (Phi) is 4.77. The van der Waals surface area contributed by atoms with Crippen molar-refractivity contribution in [3.63, 3.8) is 0 Å². The highest BCUT2D eigenvalue weighted by atomic mass is 16.5. The van der Waals surface area contributed by atoms with Crippen molar-refractivity contribution >= 4 is 5.91 Å². The van der Waals surface area contributed by atoms with Crippen molar-refractivity contribution in [1.29, 1.82) is 0 Å². The minimum absolute atomic E-state index is 0.186. The average molecular weight is 281 g/mol. The molecule has 2 rings (SSSR count). The second kappa shape index (κ2) is 6.37. The highest BCUT2D eigenvalue weighted by Crippen LogP contribution is 2.24. The van der Waals surface area contributed by atoms with Gasteiger partial charge in [-0.15, -0.1) is 4.74 Å². The Morgan fingerprint density at radius 2 is 2.30 bits per heavy atom. The molecule has 1 fully saturated rings. The first-order valence-electron chi connectivity index (χ1n) is 7.22. The van der Waals surface area contributed by atoms with Crippen LogP contribution in [0.3, 0.4) is 0 Å². The topological polar surface area (TPSA) is 81.5 Å². The molecule has 2 heterocycles. The average Bonchev–Trinajstić information content (AvgIpc) is 2.78. The molecular formula is C14H23N3O3. The molecule has 0 bridgehead atoms. The predicted octanol–water partition coefficient (Wildman–Crippen LogP) is 0.839. The summed E-state index contributed by atoms with van der Waals surface area (Å²) < 4.78 is 5.97. The molecule has 20 heavy (non-hydrogen) atoms. The molecule has 2 unspecified atom stereocenters. The maximum absolute atomic E-state index is 12.1. The molecule has 1 aromatic heterocycles. The zero-order valence-corrected chi connectivity index (χ0v) is 12.2. The van der Waals surface area contributed by atoms with E-state index in [0.717, 1.165) is 30.5 Å². The van der Waals surface area contributed by atoms with Crippen molar-refractivity contribution in [2.24, 2.45) is 11.7 Å². The molecule has 2 atom stereocenters. The number of hydrogen-bond acceptors (Lipinski definition) is 5. The lowest BCUT2D eigenvalue weighted by atomic mass is 9.89. The van der Waals surface area contributed by atoms with E-state index in [1.54, 1.807) is 6.92 Å². The van der Waals surface area contributed by atoms with Crippen molar-refractivity contribution in [1.82, 2.24) is 9.64 Å². The minimum atomic E-state index is -0.403. The summed E-state index contributed by atoms with van der Waals surface area (Å²) in [6.07, 6.45) is 3.24. The van der Waals surface area contributed by atoms with E-state index in [4.69, 9.17) is 10.3 Å². The SMILES string of the molecule is CCC1CCN(CC(=O)n2oc(C)cc2=O)C(CN)C1.